The lowest BCUT2D eigenvalue weighted by atomic mass is 10.0. The number of amides is 1. The molecule has 2 fully saturated rings. The van der Waals surface area contributed by atoms with E-state index < -0.39 is 0 Å². The van der Waals surface area contributed by atoms with E-state index in [2.05, 4.69) is 10.2 Å². The molecule has 2 aliphatic rings. The van der Waals surface area contributed by atoms with E-state index in [1.807, 2.05) is 37.3 Å². The largest absolute Gasteiger partial charge is 0.349 e. The van der Waals surface area contributed by atoms with Crippen LogP contribution in [0.1, 0.15) is 37.8 Å². The van der Waals surface area contributed by atoms with Gasteiger partial charge in [-0.3, -0.25) is 9.69 Å². The van der Waals surface area contributed by atoms with Crippen LogP contribution in [0.25, 0.3) is 0 Å². The van der Waals surface area contributed by atoms with Crippen LogP contribution in [-0.4, -0.2) is 49.4 Å². The van der Waals surface area contributed by atoms with Gasteiger partial charge in [0, 0.05) is 0 Å². The quantitative estimate of drug-likeness (QED) is 0.903. The molecule has 5 nitrogen and oxygen atoms in total. The number of carbonyl (C=O) groups excluding carboxylic acids is 1. The Morgan fingerprint density at radius 1 is 1.26 bits per heavy atom. The Balaban J connectivity index is 1.55. The minimum Gasteiger partial charge on any atom is -0.349 e. The predicted octanol–water partition coefficient (Wildman–Crippen LogP) is 2.09. The maximum absolute atomic E-state index is 12.4. The van der Waals surface area contributed by atoms with Crippen molar-refractivity contribution in [3.63, 3.8) is 0 Å². The van der Waals surface area contributed by atoms with Crippen molar-refractivity contribution < 1.29 is 14.3 Å². The topological polar surface area (TPSA) is 50.8 Å². The Morgan fingerprint density at radius 2 is 2.00 bits per heavy atom. The van der Waals surface area contributed by atoms with Crippen molar-refractivity contribution in [3.05, 3.63) is 35.9 Å². The molecule has 2 heterocycles. The summed E-state index contributed by atoms with van der Waals surface area (Å²) in [4.78, 5) is 14.6. The van der Waals surface area contributed by atoms with E-state index in [0.717, 1.165) is 24.9 Å². The molecule has 0 saturated carbocycles. The molecule has 0 radical (unpaired) electrons. The van der Waals surface area contributed by atoms with Gasteiger partial charge in [-0.05, 0) is 31.9 Å². The zero-order chi connectivity index (χ0) is 16.1. The van der Waals surface area contributed by atoms with E-state index in [1.54, 1.807) is 0 Å². The summed E-state index contributed by atoms with van der Waals surface area (Å²) in [6.45, 7) is 4.68. The Kier molecular flexibility index (Phi) is 5.65. The van der Waals surface area contributed by atoms with Crippen LogP contribution in [0.4, 0.5) is 0 Å². The lowest BCUT2D eigenvalue weighted by Gasteiger charge is -2.37. The summed E-state index contributed by atoms with van der Waals surface area (Å²) in [5, 5.41) is 3.09. The van der Waals surface area contributed by atoms with Gasteiger partial charge in [0.05, 0.1) is 31.8 Å². The summed E-state index contributed by atoms with van der Waals surface area (Å²) in [6.07, 6.45) is 3.17. The van der Waals surface area contributed by atoms with Crippen molar-refractivity contribution in [1.82, 2.24) is 10.2 Å². The molecule has 0 aliphatic carbocycles. The Morgan fingerprint density at radius 3 is 2.74 bits per heavy atom. The summed E-state index contributed by atoms with van der Waals surface area (Å²) in [5.41, 5.74) is 1.12. The highest BCUT2D eigenvalue weighted by Gasteiger charge is 2.34. The molecule has 5 heteroatoms. The molecule has 2 atom stereocenters. The highest BCUT2D eigenvalue weighted by molar-refractivity contribution is 5.78. The number of rotatable bonds is 5. The Bertz CT molecular complexity index is 502. The molecule has 0 aromatic heterocycles. The second-order valence-electron chi connectivity index (χ2n) is 6.34. The summed E-state index contributed by atoms with van der Waals surface area (Å²) in [7, 11) is 0. The number of hydrogen-bond acceptors (Lipinski definition) is 4. The average Bonchev–Trinajstić information content (AvgIpc) is 3.10. The van der Waals surface area contributed by atoms with Gasteiger partial charge >= 0.3 is 0 Å². The van der Waals surface area contributed by atoms with Crippen molar-refractivity contribution in [1.29, 1.82) is 0 Å². The zero-order valence-corrected chi connectivity index (χ0v) is 13.7. The second kappa shape index (κ2) is 7.90. The van der Waals surface area contributed by atoms with Crippen LogP contribution in [0, 0.1) is 0 Å². The molecule has 1 aromatic rings. The molecule has 126 valence electrons. The number of ether oxygens (including phenoxy) is 2. The Hall–Kier alpha value is -1.43. The molecule has 2 aliphatic heterocycles. The summed E-state index contributed by atoms with van der Waals surface area (Å²) in [6, 6.07) is 10.3. The molecule has 1 N–H and O–H groups in total. The highest BCUT2D eigenvalue weighted by Crippen LogP contribution is 2.24. The zero-order valence-electron chi connectivity index (χ0n) is 13.7. The molecule has 0 spiro atoms. The average molecular weight is 318 g/mol. The third-order valence-corrected chi connectivity index (χ3v) is 4.65. The van der Waals surface area contributed by atoms with Crippen molar-refractivity contribution in [2.45, 2.75) is 44.6 Å². The molecule has 3 rings (SSSR count). The molecule has 0 bridgehead atoms. The van der Waals surface area contributed by atoms with Crippen molar-refractivity contribution in [2.24, 2.45) is 0 Å². The summed E-state index contributed by atoms with van der Waals surface area (Å²) in [5.74, 6) is 0.0613. The van der Waals surface area contributed by atoms with Gasteiger partial charge in [0.2, 0.25) is 5.91 Å². The van der Waals surface area contributed by atoms with Gasteiger partial charge < -0.3 is 14.8 Å². The molecule has 2 unspecified atom stereocenters. The first-order valence-electron chi connectivity index (χ1n) is 8.55. The maximum Gasteiger partial charge on any atom is 0.234 e. The van der Waals surface area contributed by atoms with E-state index in [9.17, 15) is 4.79 Å². The van der Waals surface area contributed by atoms with Gasteiger partial charge in [0.1, 0.15) is 0 Å². The number of benzene rings is 1. The fraction of sp³-hybridized carbons (Fsp3) is 0.611. The SMILES string of the molecule is CC(NC(=O)CN1CCCCC1C1OCCO1)c1ccccc1. The van der Waals surface area contributed by atoms with Gasteiger partial charge in [0.25, 0.3) is 0 Å². The van der Waals surface area contributed by atoms with Crippen LogP contribution in [0.2, 0.25) is 0 Å². The molecule has 23 heavy (non-hydrogen) atoms. The third kappa shape index (κ3) is 4.31. The van der Waals surface area contributed by atoms with Gasteiger partial charge in [-0.2, -0.15) is 0 Å². The van der Waals surface area contributed by atoms with Gasteiger partial charge in [-0.15, -0.1) is 0 Å². The molecular weight excluding hydrogens is 292 g/mol. The first kappa shape index (κ1) is 16.4. The summed E-state index contributed by atoms with van der Waals surface area (Å²) < 4.78 is 11.3. The predicted molar refractivity (Wildman–Crippen MR) is 87.9 cm³/mol. The summed E-state index contributed by atoms with van der Waals surface area (Å²) >= 11 is 0. The van der Waals surface area contributed by atoms with Crippen LogP contribution < -0.4 is 5.32 Å². The van der Waals surface area contributed by atoms with Gasteiger partial charge in [0.15, 0.2) is 6.29 Å². The monoisotopic (exact) mass is 318 g/mol. The standard InChI is InChI=1S/C18H26N2O3/c1-14(15-7-3-2-4-8-15)19-17(21)13-20-10-6-5-9-16(20)18-22-11-12-23-18/h2-4,7-8,14,16,18H,5-6,9-13H2,1H3,(H,19,21). The Labute approximate surface area is 137 Å². The third-order valence-electron chi connectivity index (χ3n) is 4.65. The first-order valence-corrected chi connectivity index (χ1v) is 8.55. The van der Waals surface area contributed by atoms with E-state index in [1.165, 1.54) is 6.42 Å². The molecule has 1 amide bonds. The van der Waals surface area contributed by atoms with Crippen LogP contribution in [0.15, 0.2) is 30.3 Å². The molecule has 2 saturated heterocycles. The molecular formula is C18H26N2O3. The number of hydrogen-bond donors (Lipinski definition) is 1. The van der Waals surface area contributed by atoms with Gasteiger partial charge in [-0.25, -0.2) is 0 Å². The highest BCUT2D eigenvalue weighted by atomic mass is 16.7. The maximum atomic E-state index is 12.4. The minimum atomic E-state index is -0.172. The second-order valence-corrected chi connectivity index (χ2v) is 6.34. The van der Waals surface area contributed by atoms with Crippen LogP contribution in [0.3, 0.4) is 0 Å². The number of likely N-dealkylation sites (tertiary alicyclic amines) is 1. The molecule has 1 aromatic carbocycles. The van der Waals surface area contributed by atoms with Crippen molar-refractivity contribution in [3.8, 4) is 0 Å². The fourth-order valence-corrected chi connectivity index (χ4v) is 3.42. The van der Waals surface area contributed by atoms with Crippen molar-refractivity contribution in [2.75, 3.05) is 26.3 Å². The van der Waals surface area contributed by atoms with E-state index >= 15 is 0 Å². The van der Waals surface area contributed by atoms with Crippen molar-refractivity contribution >= 4 is 5.91 Å². The lowest BCUT2D eigenvalue weighted by molar-refractivity contribution is -0.131. The van der Waals surface area contributed by atoms with Crippen LogP contribution >= 0.6 is 0 Å². The normalized spacial score (nSPS) is 24.5. The number of carbonyl (C=O) groups is 1. The number of nitrogens with zero attached hydrogens (tertiary/aromatic N) is 1. The van der Waals surface area contributed by atoms with Crippen LogP contribution in [0.5, 0.6) is 0 Å². The van der Waals surface area contributed by atoms with E-state index in [0.29, 0.717) is 19.8 Å². The first-order chi connectivity index (χ1) is 11.2. The number of piperidine rings is 1. The van der Waals surface area contributed by atoms with Gasteiger partial charge in [-0.1, -0.05) is 36.8 Å². The number of nitrogens with one attached hydrogen (secondary N) is 1. The van der Waals surface area contributed by atoms with Crippen LogP contribution in [-0.2, 0) is 14.3 Å². The lowest BCUT2D eigenvalue weighted by Crippen LogP contribution is -2.51. The van der Waals surface area contributed by atoms with E-state index in [-0.39, 0.29) is 24.3 Å². The minimum absolute atomic E-state index is 0.0194. The smallest absolute Gasteiger partial charge is 0.234 e. The fourth-order valence-electron chi connectivity index (χ4n) is 3.42. The van der Waals surface area contributed by atoms with E-state index in [4.69, 9.17) is 9.47 Å².